The van der Waals surface area contributed by atoms with Gasteiger partial charge in [0.1, 0.15) is 11.5 Å². The topological polar surface area (TPSA) is 70.5 Å². The standard InChI is InChI=1S/C21H26ClN5O2/c1-4-25(3)11-7-10-20(28)26-14-19-23-12-18(27(19)13-15(26)2)21(29)24-17-9-6-5-8-16(17)22/h5-10,12,15H,4,11,13-14H2,1-3H3,(H,24,29)/b10-7+/t15-/m1/s1. The van der Waals surface area contributed by atoms with Crippen molar-refractivity contribution in [2.45, 2.75) is 33.0 Å². The number of nitrogens with zero attached hydrogens (tertiary/aromatic N) is 4. The summed E-state index contributed by atoms with van der Waals surface area (Å²) < 4.78 is 1.87. The highest BCUT2D eigenvalue weighted by molar-refractivity contribution is 6.33. The number of aromatic nitrogens is 2. The maximum Gasteiger partial charge on any atom is 0.273 e. The minimum Gasteiger partial charge on any atom is -0.327 e. The Morgan fingerprint density at radius 2 is 2.14 bits per heavy atom. The SMILES string of the molecule is CCN(C)C/C=C/C(=O)N1Cc2ncc(C(=O)Nc3ccccc3Cl)n2C[C@H]1C. The van der Waals surface area contributed by atoms with Gasteiger partial charge in [-0.1, -0.05) is 36.7 Å². The molecule has 2 heterocycles. The fourth-order valence-electron chi connectivity index (χ4n) is 3.20. The lowest BCUT2D eigenvalue weighted by atomic mass is 10.2. The average molecular weight is 416 g/mol. The summed E-state index contributed by atoms with van der Waals surface area (Å²) in [7, 11) is 2.00. The van der Waals surface area contributed by atoms with Gasteiger partial charge in [0.05, 0.1) is 23.5 Å². The summed E-state index contributed by atoms with van der Waals surface area (Å²) in [6.07, 6.45) is 5.04. The van der Waals surface area contributed by atoms with Crippen molar-refractivity contribution in [2.24, 2.45) is 0 Å². The zero-order chi connectivity index (χ0) is 21.0. The number of amides is 2. The zero-order valence-corrected chi connectivity index (χ0v) is 17.7. The van der Waals surface area contributed by atoms with Crippen LogP contribution in [-0.4, -0.2) is 57.3 Å². The van der Waals surface area contributed by atoms with Crippen LogP contribution in [0.25, 0.3) is 0 Å². The Bertz CT molecular complexity index is 924. The Balaban J connectivity index is 1.71. The molecule has 1 N–H and O–H groups in total. The molecule has 1 atom stereocenters. The van der Waals surface area contributed by atoms with E-state index in [2.05, 4.69) is 22.1 Å². The Morgan fingerprint density at radius 1 is 1.38 bits per heavy atom. The number of carbonyl (C=O) groups is 2. The number of halogens is 1. The number of hydrogen-bond donors (Lipinski definition) is 1. The Hall–Kier alpha value is -2.64. The number of likely N-dealkylation sites (N-methyl/N-ethyl adjacent to an activating group) is 1. The molecule has 8 heteroatoms. The van der Waals surface area contributed by atoms with Crippen LogP contribution in [0.3, 0.4) is 0 Å². The number of carbonyl (C=O) groups excluding carboxylic acids is 2. The molecule has 1 aliphatic heterocycles. The number of benzene rings is 1. The quantitative estimate of drug-likeness (QED) is 0.736. The molecule has 3 rings (SSSR count). The van der Waals surface area contributed by atoms with E-state index in [0.717, 1.165) is 13.1 Å². The summed E-state index contributed by atoms with van der Waals surface area (Å²) >= 11 is 6.13. The predicted octanol–water partition coefficient (Wildman–Crippen LogP) is 3.03. The minimum absolute atomic E-state index is 0.0432. The summed E-state index contributed by atoms with van der Waals surface area (Å²) in [4.78, 5) is 33.6. The number of hydrogen-bond acceptors (Lipinski definition) is 4. The van der Waals surface area contributed by atoms with E-state index in [0.29, 0.717) is 35.3 Å². The Morgan fingerprint density at radius 3 is 2.86 bits per heavy atom. The molecular formula is C21H26ClN5O2. The van der Waals surface area contributed by atoms with E-state index in [9.17, 15) is 9.59 Å². The largest absolute Gasteiger partial charge is 0.327 e. The first-order valence-corrected chi connectivity index (χ1v) is 10.0. The molecule has 29 heavy (non-hydrogen) atoms. The van der Waals surface area contributed by atoms with Gasteiger partial charge >= 0.3 is 0 Å². The molecule has 1 aromatic carbocycles. The normalized spacial score (nSPS) is 16.3. The first kappa shape index (κ1) is 21.1. The van der Waals surface area contributed by atoms with Gasteiger partial charge in [-0.05, 0) is 32.6 Å². The number of para-hydroxylation sites is 1. The molecule has 0 fully saturated rings. The van der Waals surface area contributed by atoms with E-state index < -0.39 is 0 Å². The second-order valence-corrected chi connectivity index (χ2v) is 7.58. The van der Waals surface area contributed by atoms with Crippen LogP contribution in [0.15, 0.2) is 42.6 Å². The highest BCUT2D eigenvalue weighted by Gasteiger charge is 2.29. The maximum absolute atomic E-state index is 12.7. The van der Waals surface area contributed by atoms with Gasteiger partial charge in [-0.15, -0.1) is 0 Å². The molecule has 1 aromatic heterocycles. The molecule has 0 unspecified atom stereocenters. The van der Waals surface area contributed by atoms with Crippen molar-refractivity contribution in [3.05, 3.63) is 59.2 Å². The number of fused-ring (bicyclic) bond motifs is 1. The first-order valence-electron chi connectivity index (χ1n) is 9.66. The number of rotatable bonds is 6. The molecular weight excluding hydrogens is 390 g/mol. The molecule has 0 spiro atoms. The van der Waals surface area contributed by atoms with E-state index in [1.54, 1.807) is 35.4 Å². The molecule has 1 aliphatic rings. The van der Waals surface area contributed by atoms with Crippen LogP contribution in [0.1, 0.15) is 30.2 Å². The lowest BCUT2D eigenvalue weighted by Crippen LogP contribution is -2.45. The van der Waals surface area contributed by atoms with Crippen molar-refractivity contribution in [3.63, 3.8) is 0 Å². The van der Waals surface area contributed by atoms with Crippen LogP contribution in [0.4, 0.5) is 5.69 Å². The highest BCUT2D eigenvalue weighted by Crippen LogP contribution is 2.23. The van der Waals surface area contributed by atoms with Crippen LogP contribution in [-0.2, 0) is 17.9 Å². The van der Waals surface area contributed by atoms with Gasteiger partial charge < -0.3 is 19.7 Å². The fourth-order valence-corrected chi connectivity index (χ4v) is 3.38. The molecule has 0 saturated heterocycles. The van der Waals surface area contributed by atoms with Gasteiger partial charge in [0.25, 0.3) is 5.91 Å². The third-order valence-corrected chi connectivity index (χ3v) is 5.41. The molecule has 0 radical (unpaired) electrons. The van der Waals surface area contributed by atoms with Gasteiger partial charge in [-0.2, -0.15) is 0 Å². The molecule has 0 saturated carbocycles. The fraction of sp³-hybridized carbons (Fsp3) is 0.381. The average Bonchev–Trinajstić information content (AvgIpc) is 3.11. The minimum atomic E-state index is -0.272. The van der Waals surface area contributed by atoms with Crippen molar-refractivity contribution in [1.82, 2.24) is 19.4 Å². The molecule has 2 amide bonds. The van der Waals surface area contributed by atoms with Gasteiger partial charge in [-0.3, -0.25) is 9.59 Å². The smallest absolute Gasteiger partial charge is 0.273 e. The summed E-state index contributed by atoms with van der Waals surface area (Å²) in [5, 5.41) is 3.30. The number of imidazole rings is 1. The van der Waals surface area contributed by atoms with Crippen molar-refractivity contribution < 1.29 is 9.59 Å². The summed E-state index contributed by atoms with van der Waals surface area (Å²) in [5.41, 5.74) is 1.01. The van der Waals surface area contributed by atoms with Crippen LogP contribution in [0.5, 0.6) is 0 Å². The van der Waals surface area contributed by atoms with E-state index in [4.69, 9.17) is 11.6 Å². The summed E-state index contributed by atoms with van der Waals surface area (Å²) in [5.74, 6) is 0.379. The van der Waals surface area contributed by atoms with Crippen LogP contribution < -0.4 is 5.32 Å². The van der Waals surface area contributed by atoms with Gasteiger partial charge in [0, 0.05) is 25.2 Å². The first-order chi connectivity index (χ1) is 13.9. The maximum atomic E-state index is 12.7. The van der Waals surface area contributed by atoms with Crippen LogP contribution in [0, 0.1) is 0 Å². The van der Waals surface area contributed by atoms with Gasteiger partial charge in [-0.25, -0.2) is 4.98 Å². The van der Waals surface area contributed by atoms with Crippen molar-refractivity contribution in [3.8, 4) is 0 Å². The summed E-state index contributed by atoms with van der Waals surface area (Å²) in [6.45, 7) is 6.58. The van der Waals surface area contributed by atoms with E-state index in [-0.39, 0.29) is 17.9 Å². The predicted molar refractivity (Wildman–Crippen MR) is 114 cm³/mol. The second kappa shape index (κ2) is 9.24. The van der Waals surface area contributed by atoms with E-state index in [1.165, 1.54) is 0 Å². The van der Waals surface area contributed by atoms with Crippen LogP contribution in [0.2, 0.25) is 5.02 Å². The number of anilines is 1. The van der Waals surface area contributed by atoms with Crippen molar-refractivity contribution in [1.29, 1.82) is 0 Å². The van der Waals surface area contributed by atoms with E-state index in [1.807, 2.05) is 30.7 Å². The molecule has 0 bridgehead atoms. The summed E-state index contributed by atoms with van der Waals surface area (Å²) in [6, 6.07) is 7.04. The van der Waals surface area contributed by atoms with Crippen LogP contribution >= 0.6 is 11.6 Å². The lowest BCUT2D eigenvalue weighted by molar-refractivity contribution is -0.129. The monoisotopic (exact) mass is 415 g/mol. The van der Waals surface area contributed by atoms with E-state index >= 15 is 0 Å². The highest BCUT2D eigenvalue weighted by atomic mass is 35.5. The number of nitrogens with one attached hydrogen (secondary N) is 1. The second-order valence-electron chi connectivity index (χ2n) is 7.18. The molecule has 154 valence electrons. The third-order valence-electron chi connectivity index (χ3n) is 5.08. The van der Waals surface area contributed by atoms with Crippen molar-refractivity contribution >= 4 is 29.1 Å². The van der Waals surface area contributed by atoms with Crippen molar-refractivity contribution in [2.75, 3.05) is 25.5 Å². The molecule has 2 aromatic rings. The third kappa shape index (κ3) is 4.86. The lowest BCUT2D eigenvalue weighted by Gasteiger charge is -2.34. The molecule has 0 aliphatic carbocycles. The van der Waals surface area contributed by atoms with Gasteiger partial charge in [0.15, 0.2) is 0 Å². The Kier molecular flexibility index (Phi) is 6.71. The Labute approximate surface area is 176 Å². The van der Waals surface area contributed by atoms with Gasteiger partial charge in [0.2, 0.25) is 5.91 Å². The molecule has 7 nitrogen and oxygen atoms in total. The zero-order valence-electron chi connectivity index (χ0n) is 16.9.